The minimum atomic E-state index is -0.111. The number of amides is 1. The predicted octanol–water partition coefficient (Wildman–Crippen LogP) is 2.38. The lowest BCUT2D eigenvalue weighted by atomic mass is 10.0. The van der Waals surface area contributed by atoms with Crippen LogP contribution in [0.3, 0.4) is 0 Å². The van der Waals surface area contributed by atoms with Crippen LogP contribution >= 0.6 is 0 Å². The number of likely N-dealkylation sites (tertiary alicyclic amines) is 1. The average molecular weight is 398 g/mol. The predicted molar refractivity (Wildman–Crippen MR) is 112 cm³/mol. The molecule has 1 amide bonds. The van der Waals surface area contributed by atoms with Crippen molar-refractivity contribution >= 4 is 5.91 Å². The Morgan fingerprint density at radius 1 is 1.31 bits per heavy atom. The van der Waals surface area contributed by atoms with Gasteiger partial charge in [-0.3, -0.25) is 14.4 Å². The van der Waals surface area contributed by atoms with E-state index in [2.05, 4.69) is 32.8 Å². The van der Waals surface area contributed by atoms with Crippen LogP contribution in [0.4, 0.5) is 0 Å². The molecule has 2 atom stereocenters. The van der Waals surface area contributed by atoms with E-state index >= 15 is 0 Å². The minimum absolute atomic E-state index is 0.111. The fourth-order valence-electron chi connectivity index (χ4n) is 4.36. The monoisotopic (exact) mass is 397 g/mol. The Labute approximate surface area is 172 Å². The van der Waals surface area contributed by atoms with Crippen LogP contribution in [-0.2, 0) is 0 Å². The molecule has 156 valence electrons. The highest BCUT2D eigenvalue weighted by Crippen LogP contribution is 2.27. The Kier molecular flexibility index (Phi) is 6.46. The van der Waals surface area contributed by atoms with Crippen LogP contribution in [0.25, 0.3) is 0 Å². The first-order valence-electron chi connectivity index (χ1n) is 10.7. The third kappa shape index (κ3) is 4.79. The molecule has 0 spiro atoms. The summed E-state index contributed by atoms with van der Waals surface area (Å²) in [5, 5.41) is 11.0. The quantitative estimate of drug-likeness (QED) is 0.751. The van der Waals surface area contributed by atoms with Gasteiger partial charge in [-0.15, -0.1) is 0 Å². The van der Waals surface area contributed by atoms with Gasteiger partial charge < -0.3 is 15.4 Å². The molecule has 0 bridgehead atoms. The van der Waals surface area contributed by atoms with Gasteiger partial charge in [0.25, 0.3) is 5.91 Å². The van der Waals surface area contributed by atoms with Gasteiger partial charge in [-0.2, -0.15) is 5.10 Å². The number of piperidine rings is 1. The number of methoxy groups -OCH3 is 1. The van der Waals surface area contributed by atoms with E-state index in [1.165, 1.54) is 18.4 Å². The van der Waals surface area contributed by atoms with Crippen molar-refractivity contribution in [1.29, 1.82) is 0 Å². The normalized spacial score (nSPS) is 21.1. The van der Waals surface area contributed by atoms with E-state index in [9.17, 15) is 4.79 Å². The zero-order valence-corrected chi connectivity index (χ0v) is 17.1. The van der Waals surface area contributed by atoms with Gasteiger partial charge in [0.15, 0.2) is 0 Å². The SMILES string of the molecule is COc1cccc(C(CNC(=O)c2ccn(C3CCCNC3)n2)N2CCCC2)c1. The number of hydrogen-bond donors (Lipinski definition) is 2. The van der Waals surface area contributed by atoms with Crippen LogP contribution in [0.2, 0.25) is 0 Å². The first-order chi connectivity index (χ1) is 14.2. The van der Waals surface area contributed by atoms with Gasteiger partial charge in [0.05, 0.1) is 19.2 Å². The standard InChI is InChI=1S/C22H31N5O2/c1-29-19-8-4-6-17(14-19)21(26-11-2-3-12-26)16-24-22(28)20-9-13-27(25-20)18-7-5-10-23-15-18/h4,6,8-9,13-14,18,21,23H,2-3,5,7,10-12,15-16H2,1H3,(H,24,28). The van der Waals surface area contributed by atoms with E-state index in [1.54, 1.807) is 7.11 Å². The van der Waals surface area contributed by atoms with Crippen molar-refractivity contribution in [2.75, 3.05) is 39.8 Å². The van der Waals surface area contributed by atoms with Crippen LogP contribution < -0.4 is 15.4 Å². The highest BCUT2D eigenvalue weighted by molar-refractivity contribution is 5.92. The number of hydrogen-bond acceptors (Lipinski definition) is 5. The van der Waals surface area contributed by atoms with Crippen LogP contribution in [0.15, 0.2) is 36.5 Å². The number of ether oxygens (including phenoxy) is 1. The number of rotatable bonds is 7. The fourth-order valence-corrected chi connectivity index (χ4v) is 4.36. The van der Waals surface area contributed by atoms with Gasteiger partial charge in [0.1, 0.15) is 11.4 Å². The third-order valence-corrected chi connectivity index (χ3v) is 6.00. The van der Waals surface area contributed by atoms with Crippen molar-refractivity contribution < 1.29 is 9.53 Å². The number of carbonyl (C=O) groups is 1. The van der Waals surface area contributed by atoms with Crippen LogP contribution in [-0.4, -0.2) is 60.4 Å². The molecule has 1 aromatic heterocycles. The van der Waals surface area contributed by atoms with Crippen LogP contribution in [0, 0.1) is 0 Å². The van der Waals surface area contributed by atoms with Gasteiger partial charge in [0.2, 0.25) is 0 Å². The van der Waals surface area contributed by atoms with Crippen molar-refractivity contribution in [3.05, 3.63) is 47.8 Å². The Balaban J connectivity index is 1.42. The second kappa shape index (κ2) is 9.41. The zero-order chi connectivity index (χ0) is 20.1. The minimum Gasteiger partial charge on any atom is -0.497 e. The molecule has 2 unspecified atom stereocenters. The zero-order valence-electron chi connectivity index (χ0n) is 17.1. The lowest BCUT2D eigenvalue weighted by Crippen LogP contribution is -2.37. The molecule has 3 heterocycles. The van der Waals surface area contributed by atoms with Gasteiger partial charge in [0, 0.05) is 19.3 Å². The van der Waals surface area contributed by atoms with E-state index in [1.807, 2.05) is 29.1 Å². The highest BCUT2D eigenvalue weighted by Gasteiger charge is 2.25. The molecule has 0 aliphatic carbocycles. The number of benzene rings is 1. The van der Waals surface area contributed by atoms with E-state index in [0.717, 1.165) is 44.8 Å². The summed E-state index contributed by atoms with van der Waals surface area (Å²) in [5.74, 6) is 0.734. The lowest BCUT2D eigenvalue weighted by molar-refractivity contribution is 0.0931. The Morgan fingerprint density at radius 2 is 2.17 bits per heavy atom. The van der Waals surface area contributed by atoms with E-state index < -0.39 is 0 Å². The van der Waals surface area contributed by atoms with Crippen molar-refractivity contribution in [3.8, 4) is 5.75 Å². The third-order valence-electron chi connectivity index (χ3n) is 6.00. The summed E-state index contributed by atoms with van der Waals surface area (Å²) in [4.78, 5) is 15.2. The van der Waals surface area contributed by atoms with Crippen molar-refractivity contribution in [2.24, 2.45) is 0 Å². The highest BCUT2D eigenvalue weighted by atomic mass is 16.5. The van der Waals surface area contributed by atoms with E-state index in [4.69, 9.17) is 4.74 Å². The smallest absolute Gasteiger partial charge is 0.271 e. The molecule has 2 fully saturated rings. The molecule has 7 heteroatoms. The molecule has 7 nitrogen and oxygen atoms in total. The lowest BCUT2D eigenvalue weighted by Gasteiger charge is -2.28. The second-order valence-corrected chi connectivity index (χ2v) is 7.93. The molecule has 2 aliphatic heterocycles. The molecule has 2 aromatic rings. The summed E-state index contributed by atoms with van der Waals surface area (Å²) >= 11 is 0. The summed E-state index contributed by atoms with van der Waals surface area (Å²) in [6.45, 7) is 4.65. The number of nitrogens with zero attached hydrogens (tertiary/aromatic N) is 3. The largest absolute Gasteiger partial charge is 0.497 e. The Bertz CT molecular complexity index is 809. The van der Waals surface area contributed by atoms with Crippen LogP contribution in [0.5, 0.6) is 5.75 Å². The Hall–Kier alpha value is -2.38. The van der Waals surface area contributed by atoms with Gasteiger partial charge in [-0.1, -0.05) is 12.1 Å². The Morgan fingerprint density at radius 3 is 2.93 bits per heavy atom. The first-order valence-corrected chi connectivity index (χ1v) is 10.7. The summed E-state index contributed by atoms with van der Waals surface area (Å²) in [6.07, 6.45) is 6.57. The van der Waals surface area contributed by atoms with Crippen molar-refractivity contribution in [2.45, 2.75) is 37.8 Å². The fraction of sp³-hybridized carbons (Fsp3) is 0.545. The maximum absolute atomic E-state index is 12.8. The molecule has 2 aliphatic rings. The summed E-state index contributed by atoms with van der Waals surface area (Å²) < 4.78 is 7.33. The average Bonchev–Trinajstić information content (AvgIpc) is 3.47. The molecule has 1 aromatic carbocycles. The number of carbonyl (C=O) groups excluding carboxylic acids is 1. The van der Waals surface area contributed by atoms with Gasteiger partial charge >= 0.3 is 0 Å². The first kappa shape index (κ1) is 19.9. The number of aromatic nitrogens is 2. The second-order valence-electron chi connectivity index (χ2n) is 7.93. The van der Waals surface area contributed by atoms with Crippen molar-refractivity contribution in [3.63, 3.8) is 0 Å². The van der Waals surface area contributed by atoms with Crippen LogP contribution in [0.1, 0.15) is 53.8 Å². The summed E-state index contributed by atoms with van der Waals surface area (Å²) in [5.41, 5.74) is 1.66. The molecular formula is C22H31N5O2. The molecule has 2 saturated heterocycles. The molecule has 4 rings (SSSR count). The topological polar surface area (TPSA) is 71.4 Å². The summed E-state index contributed by atoms with van der Waals surface area (Å²) in [6, 6.07) is 10.4. The summed E-state index contributed by atoms with van der Waals surface area (Å²) in [7, 11) is 1.68. The molecule has 2 N–H and O–H groups in total. The van der Waals surface area contributed by atoms with Gasteiger partial charge in [-0.25, -0.2) is 0 Å². The molecule has 0 radical (unpaired) electrons. The van der Waals surface area contributed by atoms with Crippen molar-refractivity contribution in [1.82, 2.24) is 25.3 Å². The maximum atomic E-state index is 12.8. The van der Waals surface area contributed by atoms with E-state index in [-0.39, 0.29) is 11.9 Å². The van der Waals surface area contributed by atoms with Gasteiger partial charge in [-0.05, 0) is 69.1 Å². The molecule has 29 heavy (non-hydrogen) atoms. The molecule has 0 saturated carbocycles. The maximum Gasteiger partial charge on any atom is 0.271 e. The molecular weight excluding hydrogens is 366 g/mol. The van der Waals surface area contributed by atoms with E-state index in [0.29, 0.717) is 18.3 Å². The number of nitrogens with one attached hydrogen (secondary N) is 2.